The van der Waals surface area contributed by atoms with Crippen LogP contribution in [0.25, 0.3) is 0 Å². The number of likely N-dealkylation sites (N-methyl/N-ethyl adjacent to an activating group) is 1. The average molecular weight is 594 g/mol. The number of rotatable bonds is 14. The van der Waals surface area contributed by atoms with Crippen molar-refractivity contribution in [3.8, 4) is 0 Å². The van der Waals surface area contributed by atoms with E-state index in [-0.39, 0.29) is 49.2 Å². The van der Waals surface area contributed by atoms with E-state index in [0.29, 0.717) is 42.4 Å². The molecule has 0 saturated carbocycles. The zero-order valence-corrected chi connectivity index (χ0v) is 26.2. The standard InChI is InChI=1S/C27H43BCl2N2O5.ClH/c1-8-35-24(34)27(32(7)20(2)33,14-9-10-16-28-36-25(3,4)26(5,6)37-28)15-11-17-31-19-21-12-13-22(29)23(30)18-21;/h12-13,18,31H,8-11,14-17,19H2,1-7H3;1H. The molecule has 0 aliphatic carbocycles. The van der Waals surface area contributed by atoms with Gasteiger partial charge in [-0.2, -0.15) is 0 Å². The summed E-state index contributed by atoms with van der Waals surface area (Å²) in [4.78, 5) is 27.3. The maximum atomic E-state index is 13.3. The molecule has 1 saturated heterocycles. The van der Waals surface area contributed by atoms with Crippen LogP contribution in [0.5, 0.6) is 0 Å². The van der Waals surface area contributed by atoms with Gasteiger partial charge in [0.15, 0.2) is 0 Å². The van der Waals surface area contributed by atoms with Crippen LogP contribution < -0.4 is 5.32 Å². The predicted octanol–water partition coefficient (Wildman–Crippen LogP) is 6.33. The molecule has 1 fully saturated rings. The lowest BCUT2D eigenvalue weighted by atomic mass is 9.79. The molecule has 216 valence electrons. The minimum Gasteiger partial charge on any atom is -0.464 e. The molecular weight excluding hydrogens is 549 g/mol. The number of benzene rings is 1. The smallest absolute Gasteiger partial charge is 0.457 e. The van der Waals surface area contributed by atoms with Crippen LogP contribution in [0.2, 0.25) is 16.4 Å². The van der Waals surface area contributed by atoms with Gasteiger partial charge >= 0.3 is 13.1 Å². The summed E-state index contributed by atoms with van der Waals surface area (Å²) in [5.74, 6) is -0.518. The number of nitrogens with one attached hydrogen (secondary N) is 1. The third-order valence-electron chi connectivity index (χ3n) is 7.61. The summed E-state index contributed by atoms with van der Waals surface area (Å²) in [6.45, 7) is 13.0. The Kier molecular flexibility index (Phi) is 13.9. The number of halogens is 3. The van der Waals surface area contributed by atoms with Crippen molar-refractivity contribution < 1.29 is 23.6 Å². The molecule has 1 heterocycles. The van der Waals surface area contributed by atoms with Crippen molar-refractivity contribution in [2.24, 2.45) is 0 Å². The van der Waals surface area contributed by atoms with Crippen LogP contribution in [-0.4, -0.2) is 60.8 Å². The maximum absolute atomic E-state index is 13.3. The largest absolute Gasteiger partial charge is 0.464 e. The number of hydrogen-bond acceptors (Lipinski definition) is 6. The predicted molar refractivity (Wildman–Crippen MR) is 157 cm³/mol. The van der Waals surface area contributed by atoms with Gasteiger partial charge in [0.1, 0.15) is 5.54 Å². The van der Waals surface area contributed by atoms with E-state index in [1.54, 1.807) is 24.9 Å². The van der Waals surface area contributed by atoms with Crippen LogP contribution in [-0.2, 0) is 30.2 Å². The van der Waals surface area contributed by atoms with Crippen molar-refractivity contribution in [1.82, 2.24) is 10.2 Å². The first-order valence-corrected chi connectivity index (χ1v) is 13.9. The molecule has 1 unspecified atom stereocenters. The van der Waals surface area contributed by atoms with Crippen LogP contribution in [0.15, 0.2) is 18.2 Å². The zero-order valence-electron chi connectivity index (χ0n) is 23.8. The van der Waals surface area contributed by atoms with Crippen molar-refractivity contribution in [2.75, 3.05) is 20.2 Å². The molecule has 11 heteroatoms. The second-order valence-corrected chi connectivity index (χ2v) is 11.6. The zero-order chi connectivity index (χ0) is 27.9. The fourth-order valence-electron chi connectivity index (χ4n) is 4.57. The molecule has 38 heavy (non-hydrogen) atoms. The van der Waals surface area contributed by atoms with Crippen LogP contribution >= 0.6 is 35.6 Å². The first-order valence-electron chi connectivity index (χ1n) is 13.2. The van der Waals surface area contributed by atoms with Gasteiger partial charge in [-0.1, -0.05) is 42.1 Å². The molecule has 0 spiro atoms. The van der Waals surface area contributed by atoms with E-state index in [4.69, 9.17) is 37.2 Å². The van der Waals surface area contributed by atoms with Crippen molar-refractivity contribution >= 4 is 54.6 Å². The van der Waals surface area contributed by atoms with Crippen molar-refractivity contribution in [3.05, 3.63) is 33.8 Å². The van der Waals surface area contributed by atoms with E-state index in [2.05, 4.69) is 5.32 Å². The number of amides is 1. The van der Waals surface area contributed by atoms with E-state index < -0.39 is 5.54 Å². The van der Waals surface area contributed by atoms with Crippen LogP contribution in [0.3, 0.4) is 0 Å². The summed E-state index contributed by atoms with van der Waals surface area (Å²) in [6.07, 6.45) is 3.95. The first-order chi connectivity index (χ1) is 17.3. The normalized spacial score (nSPS) is 17.4. The highest BCUT2D eigenvalue weighted by molar-refractivity contribution is 6.45. The molecule has 1 amide bonds. The molecule has 1 aliphatic heterocycles. The number of carbonyl (C=O) groups is 2. The molecule has 2 rings (SSSR count). The summed E-state index contributed by atoms with van der Waals surface area (Å²) < 4.78 is 17.7. The van der Waals surface area contributed by atoms with Crippen LogP contribution in [0.1, 0.15) is 79.2 Å². The Morgan fingerprint density at radius 1 is 1.05 bits per heavy atom. The number of nitrogens with zero attached hydrogens (tertiary/aromatic N) is 1. The maximum Gasteiger partial charge on any atom is 0.457 e. The van der Waals surface area contributed by atoms with E-state index in [0.717, 1.165) is 24.7 Å². The highest BCUT2D eigenvalue weighted by Crippen LogP contribution is 2.38. The SMILES string of the molecule is CCOC(=O)C(CCCCB1OC(C)(C)C(C)(C)O1)(CCCNCc1ccc(Cl)c(Cl)c1)N(C)C(C)=O.Cl. The molecule has 0 radical (unpaired) electrons. The summed E-state index contributed by atoms with van der Waals surface area (Å²) in [6, 6.07) is 5.54. The third-order valence-corrected chi connectivity index (χ3v) is 8.35. The Labute approximate surface area is 245 Å². The van der Waals surface area contributed by atoms with Crippen molar-refractivity contribution in [3.63, 3.8) is 0 Å². The van der Waals surface area contributed by atoms with Gasteiger partial charge in [-0.05, 0) is 84.4 Å². The van der Waals surface area contributed by atoms with Gasteiger partial charge < -0.3 is 24.3 Å². The van der Waals surface area contributed by atoms with Crippen LogP contribution in [0, 0.1) is 0 Å². The Balaban J connectivity index is 0.00000722. The highest BCUT2D eigenvalue weighted by Gasteiger charge is 2.50. The summed E-state index contributed by atoms with van der Waals surface area (Å²) in [7, 11) is 1.41. The monoisotopic (exact) mass is 592 g/mol. The molecule has 0 aromatic heterocycles. The lowest BCUT2D eigenvalue weighted by Gasteiger charge is -2.39. The van der Waals surface area contributed by atoms with E-state index in [1.807, 2.05) is 39.8 Å². The topological polar surface area (TPSA) is 77.1 Å². The Bertz CT molecular complexity index is 918. The van der Waals surface area contributed by atoms with Crippen molar-refractivity contribution in [1.29, 1.82) is 0 Å². The van der Waals surface area contributed by atoms with E-state index in [9.17, 15) is 9.59 Å². The summed E-state index contributed by atoms with van der Waals surface area (Å²) in [5, 5.41) is 4.43. The molecule has 1 aromatic rings. The minimum absolute atomic E-state index is 0. The molecule has 1 N–H and O–H groups in total. The van der Waals surface area contributed by atoms with Gasteiger partial charge in [0, 0.05) is 20.5 Å². The highest BCUT2D eigenvalue weighted by atomic mass is 35.5. The minimum atomic E-state index is -1.02. The van der Waals surface area contributed by atoms with Gasteiger partial charge in [-0.15, -0.1) is 12.4 Å². The van der Waals surface area contributed by atoms with Gasteiger partial charge in [0.25, 0.3) is 0 Å². The first kappa shape index (κ1) is 35.0. The molecule has 0 bridgehead atoms. The third kappa shape index (κ3) is 9.00. The molecule has 7 nitrogen and oxygen atoms in total. The lowest BCUT2D eigenvalue weighted by Crippen LogP contribution is -2.55. The number of hydrogen-bond donors (Lipinski definition) is 1. The van der Waals surface area contributed by atoms with Gasteiger partial charge in [0.2, 0.25) is 5.91 Å². The van der Waals surface area contributed by atoms with E-state index in [1.165, 1.54) is 6.92 Å². The molecule has 1 aromatic carbocycles. The quantitative estimate of drug-likeness (QED) is 0.154. The second-order valence-electron chi connectivity index (χ2n) is 10.8. The Morgan fingerprint density at radius 2 is 1.66 bits per heavy atom. The summed E-state index contributed by atoms with van der Waals surface area (Å²) >= 11 is 12.1. The van der Waals surface area contributed by atoms with E-state index >= 15 is 0 Å². The molecular formula is C27H44BCl3N2O5. The van der Waals surface area contributed by atoms with Gasteiger partial charge in [-0.25, -0.2) is 4.79 Å². The fourth-order valence-corrected chi connectivity index (χ4v) is 4.89. The fraction of sp³-hybridized carbons (Fsp3) is 0.704. The molecule has 1 atom stereocenters. The average Bonchev–Trinajstić information content (AvgIpc) is 3.02. The Morgan fingerprint density at radius 3 is 2.21 bits per heavy atom. The Hall–Kier alpha value is -1.03. The van der Waals surface area contributed by atoms with Gasteiger partial charge in [0.05, 0.1) is 27.9 Å². The number of ether oxygens (including phenoxy) is 1. The van der Waals surface area contributed by atoms with Crippen molar-refractivity contribution in [2.45, 2.75) is 103 Å². The number of carbonyl (C=O) groups excluding carboxylic acids is 2. The summed E-state index contributed by atoms with van der Waals surface area (Å²) in [5.41, 5.74) is -0.741. The molecule has 1 aliphatic rings. The lowest BCUT2D eigenvalue weighted by molar-refractivity contribution is -0.163. The van der Waals surface area contributed by atoms with Gasteiger partial charge in [-0.3, -0.25) is 4.79 Å². The number of unbranched alkanes of at least 4 members (excludes halogenated alkanes) is 1. The van der Waals surface area contributed by atoms with Crippen LogP contribution in [0.4, 0.5) is 0 Å². The number of esters is 1. The second kappa shape index (κ2) is 15.1.